The molecule has 1 rings (SSSR count). The summed E-state index contributed by atoms with van der Waals surface area (Å²) in [7, 11) is 0. The summed E-state index contributed by atoms with van der Waals surface area (Å²) in [6.07, 6.45) is 3.77. The van der Waals surface area contributed by atoms with E-state index >= 15 is 0 Å². The van der Waals surface area contributed by atoms with Crippen molar-refractivity contribution in [2.24, 2.45) is 5.73 Å². The second kappa shape index (κ2) is 5.18. The zero-order chi connectivity index (χ0) is 10.6. The van der Waals surface area contributed by atoms with Crippen LogP contribution in [0, 0.1) is 6.92 Å². The van der Waals surface area contributed by atoms with E-state index in [-0.39, 0.29) is 6.04 Å². The van der Waals surface area contributed by atoms with Crippen molar-refractivity contribution in [3.8, 4) is 0 Å². The summed E-state index contributed by atoms with van der Waals surface area (Å²) >= 11 is 5.93. The molecule has 0 heterocycles. The Kier molecular flexibility index (Phi) is 4.18. The van der Waals surface area contributed by atoms with Gasteiger partial charge in [0.05, 0.1) is 0 Å². The zero-order valence-corrected chi connectivity index (χ0v) is 9.22. The van der Waals surface area contributed by atoms with Crippen LogP contribution in [0.2, 0.25) is 5.02 Å². The summed E-state index contributed by atoms with van der Waals surface area (Å²) in [4.78, 5) is 0. The molecule has 0 bridgehead atoms. The van der Waals surface area contributed by atoms with Crippen LogP contribution in [0.5, 0.6) is 0 Å². The van der Waals surface area contributed by atoms with Gasteiger partial charge >= 0.3 is 0 Å². The first kappa shape index (κ1) is 11.3. The maximum atomic E-state index is 6.01. The van der Waals surface area contributed by atoms with Gasteiger partial charge in [0, 0.05) is 11.1 Å². The van der Waals surface area contributed by atoms with E-state index in [1.165, 1.54) is 0 Å². The van der Waals surface area contributed by atoms with Crippen molar-refractivity contribution in [1.29, 1.82) is 0 Å². The van der Waals surface area contributed by atoms with E-state index < -0.39 is 0 Å². The molecule has 14 heavy (non-hydrogen) atoms. The van der Waals surface area contributed by atoms with Crippen LogP contribution in [-0.4, -0.2) is 0 Å². The Hall–Kier alpha value is -0.790. The standard InChI is InChI=1S/C12H16ClN/c1-3-4-5-12(14)10-6-7-11(13)9(2)8-10/h3,6-8,12H,1,4-5,14H2,2H3/t12-/m0/s1. The lowest BCUT2D eigenvalue weighted by Crippen LogP contribution is -2.09. The highest BCUT2D eigenvalue weighted by atomic mass is 35.5. The van der Waals surface area contributed by atoms with Crippen LogP contribution in [0.25, 0.3) is 0 Å². The molecule has 0 saturated carbocycles. The SMILES string of the molecule is C=CCC[C@H](N)c1ccc(Cl)c(C)c1. The smallest absolute Gasteiger partial charge is 0.0435 e. The normalized spacial score (nSPS) is 12.5. The van der Waals surface area contributed by atoms with Crippen molar-refractivity contribution < 1.29 is 0 Å². The maximum Gasteiger partial charge on any atom is 0.0435 e. The molecule has 0 amide bonds. The minimum absolute atomic E-state index is 0.0870. The number of rotatable bonds is 4. The van der Waals surface area contributed by atoms with Crippen molar-refractivity contribution in [2.45, 2.75) is 25.8 Å². The van der Waals surface area contributed by atoms with Gasteiger partial charge in [-0.2, -0.15) is 0 Å². The second-order valence-corrected chi connectivity index (χ2v) is 3.89. The fourth-order valence-electron chi connectivity index (χ4n) is 1.36. The molecule has 1 nitrogen and oxygen atoms in total. The summed E-state index contributed by atoms with van der Waals surface area (Å²) in [6, 6.07) is 6.03. The topological polar surface area (TPSA) is 26.0 Å². The highest BCUT2D eigenvalue weighted by molar-refractivity contribution is 6.31. The van der Waals surface area contributed by atoms with Crippen molar-refractivity contribution in [3.63, 3.8) is 0 Å². The number of benzene rings is 1. The Morgan fingerprint density at radius 2 is 2.29 bits per heavy atom. The van der Waals surface area contributed by atoms with Crippen molar-refractivity contribution in [2.75, 3.05) is 0 Å². The van der Waals surface area contributed by atoms with Gasteiger partial charge in [-0.1, -0.05) is 29.8 Å². The summed E-state index contributed by atoms with van der Waals surface area (Å²) < 4.78 is 0. The van der Waals surface area contributed by atoms with E-state index in [9.17, 15) is 0 Å². The molecule has 76 valence electrons. The van der Waals surface area contributed by atoms with Crippen LogP contribution >= 0.6 is 11.6 Å². The molecule has 2 heteroatoms. The number of allylic oxidation sites excluding steroid dienone is 1. The average molecular weight is 210 g/mol. The molecule has 2 N–H and O–H groups in total. The number of hydrogen-bond acceptors (Lipinski definition) is 1. The molecule has 1 aromatic rings. The van der Waals surface area contributed by atoms with E-state index in [1.54, 1.807) is 0 Å². The van der Waals surface area contributed by atoms with E-state index in [4.69, 9.17) is 17.3 Å². The Morgan fingerprint density at radius 3 is 2.86 bits per heavy atom. The van der Waals surface area contributed by atoms with Crippen LogP contribution in [-0.2, 0) is 0 Å². The molecule has 0 aliphatic rings. The monoisotopic (exact) mass is 209 g/mol. The molecule has 0 saturated heterocycles. The number of halogens is 1. The van der Waals surface area contributed by atoms with Crippen LogP contribution in [0.15, 0.2) is 30.9 Å². The van der Waals surface area contributed by atoms with Gasteiger partial charge < -0.3 is 5.73 Å². The zero-order valence-electron chi connectivity index (χ0n) is 8.46. The first-order valence-corrected chi connectivity index (χ1v) is 5.15. The summed E-state index contributed by atoms with van der Waals surface area (Å²) in [5.41, 5.74) is 8.24. The molecular weight excluding hydrogens is 194 g/mol. The van der Waals surface area contributed by atoms with Gasteiger partial charge in [0.2, 0.25) is 0 Å². The molecule has 0 aliphatic heterocycles. The predicted molar refractivity (Wildman–Crippen MR) is 62.5 cm³/mol. The van der Waals surface area contributed by atoms with E-state index in [0.29, 0.717) is 0 Å². The molecule has 1 aromatic carbocycles. The Bertz CT molecular complexity index is 320. The Morgan fingerprint density at radius 1 is 1.57 bits per heavy atom. The van der Waals surface area contributed by atoms with Crippen molar-refractivity contribution >= 4 is 11.6 Å². The lowest BCUT2D eigenvalue weighted by molar-refractivity contribution is 0.661. The third kappa shape index (κ3) is 2.86. The van der Waals surface area contributed by atoms with Gasteiger partial charge in [-0.3, -0.25) is 0 Å². The first-order chi connectivity index (χ1) is 6.65. The fraction of sp³-hybridized carbons (Fsp3) is 0.333. The third-order valence-corrected chi connectivity index (χ3v) is 2.72. The van der Waals surface area contributed by atoms with Gasteiger partial charge in [0.25, 0.3) is 0 Å². The van der Waals surface area contributed by atoms with Gasteiger partial charge in [-0.15, -0.1) is 6.58 Å². The lowest BCUT2D eigenvalue weighted by atomic mass is 10.0. The molecule has 0 fully saturated rings. The summed E-state index contributed by atoms with van der Waals surface area (Å²) in [6.45, 7) is 5.67. The summed E-state index contributed by atoms with van der Waals surface area (Å²) in [5.74, 6) is 0. The van der Waals surface area contributed by atoms with E-state index in [1.807, 2.05) is 25.1 Å². The predicted octanol–water partition coefficient (Wildman–Crippen LogP) is 3.61. The molecule has 1 atom stereocenters. The minimum atomic E-state index is 0.0870. The number of nitrogens with two attached hydrogens (primary N) is 1. The van der Waals surface area contributed by atoms with Crippen molar-refractivity contribution in [1.82, 2.24) is 0 Å². The van der Waals surface area contributed by atoms with Crippen LogP contribution in [0.1, 0.15) is 30.0 Å². The van der Waals surface area contributed by atoms with Crippen LogP contribution in [0.3, 0.4) is 0 Å². The molecule has 0 aromatic heterocycles. The maximum absolute atomic E-state index is 6.01. The molecule has 0 aliphatic carbocycles. The fourth-order valence-corrected chi connectivity index (χ4v) is 1.48. The number of aryl methyl sites for hydroxylation is 1. The highest BCUT2D eigenvalue weighted by Gasteiger charge is 2.05. The van der Waals surface area contributed by atoms with E-state index in [2.05, 4.69) is 12.6 Å². The second-order valence-electron chi connectivity index (χ2n) is 3.48. The van der Waals surface area contributed by atoms with Crippen LogP contribution in [0.4, 0.5) is 0 Å². The number of hydrogen-bond donors (Lipinski definition) is 1. The third-order valence-electron chi connectivity index (χ3n) is 2.29. The van der Waals surface area contributed by atoms with Crippen LogP contribution < -0.4 is 5.73 Å². The molecular formula is C12H16ClN. The average Bonchev–Trinajstić information content (AvgIpc) is 2.18. The highest BCUT2D eigenvalue weighted by Crippen LogP contribution is 2.22. The largest absolute Gasteiger partial charge is 0.324 e. The first-order valence-electron chi connectivity index (χ1n) is 4.77. The Labute approximate surface area is 90.6 Å². The van der Waals surface area contributed by atoms with Gasteiger partial charge in [0.1, 0.15) is 0 Å². The van der Waals surface area contributed by atoms with Gasteiger partial charge in [0.15, 0.2) is 0 Å². The Balaban J connectivity index is 2.75. The molecule has 0 spiro atoms. The van der Waals surface area contributed by atoms with Gasteiger partial charge in [-0.05, 0) is 37.0 Å². The molecule has 0 unspecified atom stereocenters. The van der Waals surface area contributed by atoms with E-state index in [0.717, 1.165) is 29.0 Å². The minimum Gasteiger partial charge on any atom is -0.324 e. The molecule has 0 radical (unpaired) electrons. The lowest BCUT2D eigenvalue weighted by Gasteiger charge is -2.11. The quantitative estimate of drug-likeness (QED) is 0.754. The van der Waals surface area contributed by atoms with Gasteiger partial charge in [-0.25, -0.2) is 0 Å². The van der Waals surface area contributed by atoms with Crippen molar-refractivity contribution in [3.05, 3.63) is 47.0 Å². The summed E-state index contributed by atoms with van der Waals surface area (Å²) in [5, 5.41) is 0.796.